The van der Waals surface area contributed by atoms with Crippen LogP contribution in [0, 0.1) is 6.92 Å². The Kier molecular flexibility index (Phi) is 8.74. The zero-order chi connectivity index (χ0) is 12.7. The van der Waals surface area contributed by atoms with Crippen molar-refractivity contribution >= 4 is 29.9 Å². The van der Waals surface area contributed by atoms with Gasteiger partial charge in [0, 0.05) is 13.2 Å². The van der Waals surface area contributed by atoms with E-state index in [-0.39, 0.29) is 30.0 Å². The maximum absolute atomic E-state index is 5.79. The summed E-state index contributed by atoms with van der Waals surface area (Å²) in [6.45, 7) is 5.29. The van der Waals surface area contributed by atoms with Gasteiger partial charge in [0.15, 0.2) is 5.96 Å². The molecule has 3 N–H and O–H groups in total. The van der Waals surface area contributed by atoms with E-state index in [1.54, 1.807) is 7.11 Å². The molecule has 1 aromatic rings. The van der Waals surface area contributed by atoms with Gasteiger partial charge in [-0.2, -0.15) is 0 Å². The van der Waals surface area contributed by atoms with Crippen LogP contribution in [0.1, 0.15) is 18.1 Å². The molecule has 1 aromatic carbocycles. The molecule has 0 aromatic heterocycles. The molecule has 5 heteroatoms. The van der Waals surface area contributed by atoms with Gasteiger partial charge in [-0.3, -0.25) is 0 Å². The Bertz CT molecular complexity index is 382. The third kappa shape index (κ3) is 6.20. The van der Waals surface area contributed by atoms with Crippen molar-refractivity contribution < 1.29 is 4.74 Å². The molecule has 0 fully saturated rings. The molecule has 0 aliphatic heterocycles. The van der Waals surface area contributed by atoms with E-state index in [4.69, 9.17) is 10.5 Å². The van der Waals surface area contributed by atoms with Crippen molar-refractivity contribution in [3.8, 4) is 0 Å². The Hall–Kier alpha value is -0.820. The first-order valence-corrected chi connectivity index (χ1v) is 5.73. The van der Waals surface area contributed by atoms with Crippen molar-refractivity contribution in [2.45, 2.75) is 26.4 Å². The number of nitrogens with two attached hydrogens (primary N) is 1. The van der Waals surface area contributed by atoms with Crippen LogP contribution < -0.4 is 11.1 Å². The first-order valence-electron chi connectivity index (χ1n) is 5.73. The fraction of sp³-hybridized carbons (Fsp3) is 0.462. The average Bonchev–Trinajstić information content (AvgIpc) is 2.28. The van der Waals surface area contributed by atoms with E-state index in [1.165, 1.54) is 11.1 Å². The van der Waals surface area contributed by atoms with E-state index in [0.29, 0.717) is 19.1 Å². The largest absolute Gasteiger partial charge is 0.383 e. The molecule has 0 radical (unpaired) electrons. The van der Waals surface area contributed by atoms with Gasteiger partial charge >= 0.3 is 0 Å². The second-order valence-corrected chi connectivity index (χ2v) is 4.13. The number of aryl methyl sites for hydroxylation is 1. The summed E-state index contributed by atoms with van der Waals surface area (Å²) in [6.07, 6.45) is 0. The van der Waals surface area contributed by atoms with E-state index in [1.807, 2.05) is 19.1 Å². The van der Waals surface area contributed by atoms with Crippen molar-refractivity contribution in [2.24, 2.45) is 10.7 Å². The third-order valence-corrected chi connectivity index (χ3v) is 2.49. The topological polar surface area (TPSA) is 59.6 Å². The van der Waals surface area contributed by atoms with Crippen molar-refractivity contribution in [3.05, 3.63) is 35.4 Å². The first-order chi connectivity index (χ1) is 8.13. The zero-order valence-electron chi connectivity index (χ0n) is 11.1. The molecule has 0 saturated carbocycles. The summed E-state index contributed by atoms with van der Waals surface area (Å²) in [7, 11) is 1.67. The van der Waals surface area contributed by atoms with Gasteiger partial charge in [0.1, 0.15) is 0 Å². The zero-order valence-corrected chi connectivity index (χ0v) is 13.5. The molecule has 0 aliphatic rings. The van der Waals surface area contributed by atoms with Gasteiger partial charge in [-0.05, 0) is 25.0 Å². The lowest BCUT2D eigenvalue weighted by Crippen LogP contribution is -2.40. The quantitative estimate of drug-likeness (QED) is 0.478. The molecule has 4 nitrogen and oxygen atoms in total. The van der Waals surface area contributed by atoms with Crippen LogP contribution in [0.5, 0.6) is 0 Å². The summed E-state index contributed by atoms with van der Waals surface area (Å²) in [5, 5.41) is 3.07. The van der Waals surface area contributed by atoms with Crippen molar-refractivity contribution in [2.75, 3.05) is 13.7 Å². The SMILES string of the molecule is COCC(C)NC(N)=NCc1ccccc1C.I. The number of methoxy groups -OCH3 is 1. The van der Waals surface area contributed by atoms with Gasteiger partial charge in [-0.1, -0.05) is 24.3 Å². The first kappa shape index (κ1) is 17.2. The second-order valence-electron chi connectivity index (χ2n) is 4.13. The highest BCUT2D eigenvalue weighted by Gasteiger charge is 2.01. The number of hydrogen-bond donors (Lipinski definition) is 2. The fourth-order valence-electron chi connectivity index (χ4n) is 1.55. The number of aliphatic imine (C=N–C) groups is 1. The lowest BCUT2D eigenvalue weighted by molar-refractivity contribution is 0.179. The van der Waals surface area contributed by atoms with Crippen LogP contribution in [-0.2, 0) is 11.3 Å². The van der Waals surface area contributed by atoms with Crippen LogP contribution in [0.25, 0.3) is 0 Å². The second kappa shape index (κ2) is 9.16. The molecule has 0 aliphatic carbocycles. The predicted octanol–water partition coefficient (Wildman–Crippen LogP) is 2.05. The standard InChI is InChI=1S/C13H21N3O.HI/c1-10-6-4-5-7-12(10)8-15-13(14)16-11(2)9-17-3;/h4-7,11H,8-9H2,1-3H3,(H3,14,15,16);1H. The summed E-state index contributed by atoms with van der Waals surface area (Å²) in [6, 6.07) is 8.33. The van der Waals surface area contributed by atoms with Gasteiger partial charge < -0.3 is 15.8 Å². The van der Waals surface area contributed by atoms with Crippen LogP contribution in [0.4, 0.5) is 0 Å². The van der Waals surface area contributed by atoms with E-state index >= 15 is 0 Å². The Morgan fingerprint density at radius 1 is 1.44 bits per heavy atom. The van der Waals surface area contributed by atoms with Crippen LogP contribution in [-0.4, -0.2) is 25.7 Å². The summed E-state index contributed by atoms with van der Waals surface area (Å²) < 4.78 is 5.01. The van der Waals surface area contributed by atoms with Gasteiger partial charge in [0.2, 0.25) is 0 Å². The highest BCUT2D eigenvalue weighted by atomic mass is 127. The predicted molar refractivity (Wildman–Crippen MR) is 86.4 cm³/mol. The molecule has 0 amide bonds. The van der Waals surface area contributed by atoms with Gasteiger partial charge in [-0.15, -0.1) is 24.0 Å². The van der Waals surface area contributed by atoms with E-state index in [9.17, 15) is 0 Å². The molecule has 0 spiro atoms. The van der Waals surface area contributed by atoms with Crippen LogP contribution >= 0.6 is 24.0 Å². The Morgan fingerprint density at radius 2 is 2.11 bits per heavy atom. The van der Waals surface area contributed by atoms with E-state index in [0.717, 1.165) is 0 Å². The summed E-state index contributed by atoms with van der Waals surface area (Å²) in [4.78, 5) is 4.31. The highest BCUT2D eigenvalue weighted by Crippen LogP contribution is 2.07. The number of rotatable bonds is 5. The smallest absolute Gasteiger partial charge is 0.189 e. The van der Waals surface area contributed by atoms with Gasteiger partial charge in [-0.25, -0.2) is 4.99 Å². The number of hydrogen-bond acceptors (Lipinski definition) is 2. The molecule has 0 bridgehead atoms. The number of benzene rings is 1. The molecule has 102 valence electrons. The van der Waals surface area contributed by atoms with Crippen molar-refractivity contribution in [1.29, 1.82) is 0 Å². The molecule has 1 rings (SSSR count). The third-order valence-electron chi connectivity index (χ3n) is 2.49. The maximum atomic E-state index is 5.79. The average molecular weight is 363 g/mol. The molecule has 0 saturated heterocycles. The van der Waals surface area contributed by atoms with Crippen molar-refractivity contribution in [1.82, 2.24) is 5.32 Å². The maximum Gasteiger partial charge on any atom is 0.189 e. The molecule has 1 atom stereocenters. The lowest BCUT2D eigenvalue weighted by Gasteiger charge is -2.13. The molecule has 0 heterocycles. The van der Waals surface area contributed by atoms with Crippen molar-refractivity contribution in [3.63, 3.8) is 0 Å². The minimum Gasteiger partial charge on any atom is -0.383 e. The number of nitrogens with zero attached hydrogens (tertiary/aromatic N) is 1. The summed E-state index contributed by atoms with van der Waals surface area (Å²) in [5.41, 5.74) is 8.21. The van der Waals surface area contributed by atoms with Crippen LogP contribution in [0.2, 0.25) is 0 Å². The Balaban J connectivity index is 0.00000289. The van der Waals surface area contributed by atoms with Crippen LogP contribution in [0.3, 0.4) is 0 Å². The monoisotopic (exact) mass is 363 g/mol. The minimum atomic E-state index is 0. The van der Waals surface area contributed by atoms with Crippen LogP contribution in [0.15, 0.2) is 29.3 Å². The molecule has 1 unspecified atom stereocenters. The molecule has 18 heavy (non-hydrogen) atoms. The van der Waals surface area contributed by atoms with Gasteiger partial charge in [0.25, 0.3) is 0 Å². The normalized spacial score (nSPS) is 12.7. The number of guanidine groups is 1. The Labute approximate surface area is 126 Å². The highest BCUT2D eigenvalue weighted by molar-refractivity contribution is 14.0. The lowest BCUT2D eigenvalue weighted by atomic mass is 10.1. The van der Waals surface area contributed by atoms with Gasteiger partial charge in [0.05, 0.1) is 13.2 Å². The minimum absolute atomic E-state index is 0. The fourth-order valence-corrected chi connectivity index (χ4v) is 1.55. The Morgan fingerprint density at radius 3 is 2.72 bits per heavy atom. The number of halogens is 1. The summed E-state index contributed by atoms with van der Waals surface area (Å²) >= 11 is 0. The number of ether oxygens (including phenoxy) is 1. The summed E-state index contributed by atoms with van der Waals surface area (Å²) in [5.74, 6) is 0.456. The molecular formula is C13H22IN3O. The van der Waals surface area contributed by atoms with E-state index < -0.39 is 0 Å². The number of nitrogens with one attached hydrogen (secondary N) is 1. The molecular weight excluding hydrogens is 341 g/mol. The van der Waals surface area contributed by atoms with E-state index in [2.05, 4.69) is 29.4 Å².